The second kappa shape index (κ2) is 9.57. The van der Waals surface area contributed by atoms with Gasteiger partial charge in [-0.05, 0) is 43.2 Å². The van der Waals surface area contributed by atoms with E-state index in [-0.39, 0.29) is 25.0 Å². The fourth-order valence-electron chi connectivity index (χ4n) is 3.18. The maximum absolute atomic E-state index is 12.3. The molecule has 3 rings (SSSR count). The Morgan fingerprint density at radius 2 is 1.97 bits per heavy atom. The molecule has 0 spiro atoms. The van der Waals surface area contributed by atoms with E-state index < -0.39 is 10.0 Å². The van der Waals surface area contributed by atoms with Crippen molar-refractivity contribution in [1.82, 2.24) is 5.32 Å². The van der Waals surface area contributed by atoms with Crippen LogP contribution in [0.3, 0.4) is 0 Å². The lowest BCUT2D eigenvalue weighted by atomic mass is 10.2. The van der Waals surface area contributed by atoms with Crippen LogP contribution in [0, 0.1) is 6.92 Å². The molecule has 0 radical (unpaired) electrons. The number of nitrogens with one attached hydrogen (secondary N) is 1. The number of hydrogen-bond acceptors (Lipinski definition) is 5. The Morgan fingerprint density at radius 3 is 2.70 bits per heavy atom. The molecule has 0 saturated heterocycles. The predicted molar refractivity (Wildman–Crippen MR) is 117 cm³/mol. The van der Waals surface area contributed by atoms with E-state index in [2.05, 4.69) is 5.32 Å². The van der Waals surface area contributed by atoms with Crippen LogP contribution in [0.4, 0.5) is 5.69 Å². The minimum absolute atomic E-state index is 0.172. The second-order valence-electron chi connectivity index (χ2n) is 7.17. The Bertz CT molecular complexity index is 1010. The average molecular weight is 453 g/mol. The van der Waals surface area contributed by atoms with E-state index in [1.807, 2.05) is 31.2 Å². The second-order valence-corrected chi connectivity index (χ2v) is 9.51. The summed E-state index contributed by atoms with van der Waals surface area (Å²) < 4.78 is 37.2. The van der Waals surface area contributed by atoms with Crippen LogP contribution < -0.4 is 19.1 Å². The number of carbonyl (C=O) groups is 1. The highest BCUT2D eigenvalue weighted by molar-refractivity contribution is 7.92. The molecule has 162 valence electrons. The van der Waals surface area contributed by atoms with E-state index in [4.69, 9.17) is 21.1 Å². The van der Waals surface area contributed by atoms with Gasteiger partial charge >= 0.3 is 0 Å². The molecule has 0 saturated carbocycles. The molecule has 1 N–H and O–H groups in total. The van der Waals surface area contributed by atoms with Crippen LogP contribution in [0.5, 0.6) is 11.5 Å². The van der Waals surface area contributed by atoms with Gasteiger partial charge in [0.25, 0.3) is 0 Å². The lowest BCUT2D eigenvalue weighted by Crippen LogP contribution is -2.41. The number of fused-ring (bicyclic) bond motifs is 1. The number of carbonyl (C=O) groups excluding carboxylic acids is 1. The summed E-state index contributed by atoms with van der Waals surface area (Å²) in [5, 5.41) is 3.28. The summed E-state index contributed by atoms with van der Waals surface area (Å²) in [7, 11) is -3.51. The SMILES string of the molecule is Cc1ccc(Cl)cc1N(CCCC(=O)NC[C@@H]1COc2ccccc2O1)S(C)(=O)=O. The van der Waals surface area contributed by atoms with Crippen LogP contribution in [-0.2, 0) is 14.8 Å². The Labute approximate surface area is 182 Å². The molecule has 1 aliphatic heterocycles. The van der Waals surface area contributed by atoms with E-state index in [9.17, 15) is 13.2 Å². The lowest BCUT2D eigenvalue weighted by molar-refractivity contribution is -0.121. The Kier molecular flexibility index (Phi) is 7.10. The van der Waals surface area contributed by atoms with Crippen molar-refractivity contribution in [2.24, 2.45) is 0 Å². The van der Waals surface area contributed by atoms with Gasteiger partial charge in [0.2, 0.25) is 15.9 Å². The maximum Gasteiger partial charge on any atom is 0.232 e. The zero-order valence-corrected chi connectivity index (χ0v) is 18.5. The summed E-state index contributed by atoms with van der Waals surface area (Å²) in [5.74, 6) is 1.18. The first-order valence-corrected chi connectivity index (χ1v) is 11.9. The minimum atomic E-state index is -3.51. The first kappa shape index (κ1) is 22.2. The number of para-hydroxylation sites is 2. The van der Waals surface area contributed by atoms with Gasteiger partial charge in [-0.25, -0.2) is 8.42 Å². The third kappa shape index (κ3) is 5.79. The number of nitrogens with zero attached hydrogens (tertiary/aromatic N) is 1. The summed E-state index contributed by atoms with van der Waals surface area (Å²) in [6, 6.07) is 12.5. The Hall–Kier alpha value is -2.45. The third-order valence-electron chi connectivity index (χ3n) is 4.70. The van der Waals surface area contributed by atoms with Crippen LogP contribution >= 0.6 is 11.6 Å². The summed E-state index contributed by atoms with van der Waals surface area (Å²) >= 11 is 6.03. The molecule has 0 aliphatic carbocycles. The zero-order chi connectivity index (χ0) is 21.7. The van der Waals surface area contributed by atoms with Crippen molar-refractivity contribution in [3.8, 4) is 11.5 Å². The molecule has 2 aromatic carbocycles. The van der Waals surface area contributed by atoms with Crippen LogP contribution in [0.2, 0.25) is 5.02 Å². The van der Waals surface area contributed by atoms with E-state index >= 15 is 0 Å². The van der Waals surface area contributed by atoms with Gasteiger partial charge in [-0.2, -0.15) is 0 Å². The van der Waals surface area contributed by atoms with Gasteiger partial charge < -0.3 is 14.8 Å². The summed E-state index contributed by atoms with van der Waals surface area (Å²) in [6.45, 7) is 2.67. The highest BCUT2D eigenvalue weighted by Gasteiger charge is 2.22. The van der Waals surface area contributed by atoms with Gasteiger partial charge in [-0.15, -0.1) is 0 Å². The lowest BCUT2D eigenvalue weighted by Gasteiger charge is -2.26. The van der Waals surface area contributed by atoms with E-state index in [0.29, 0.717) is 41.8 Å². The number of hydrogen-bond donors (Lipinski definition) is 1. The van der Waals surface area contributed by atoms with E-state index in [0.717, 1.165) is 11.8 Å². The van der Waals surface area contributed by atoms with Crippen molar-refractivity contribution in [3.05, 3.63) is 53.1 Å². The number of rotatable bonds is 8. The van der Waals surface area contributed by atoms with Crippen LogP contribution in [0.1, 0.15) is 18.4 Å². The molecule has 7 nitrogen and oxygen atoms in total. The van der Waals surface area contributed by atoms with Crippen molar-refractivity contribution < 1.29 is 22.7 Å². The van der Waals surface area contributed by atoms with E-state index in [1.165, 1.54) is 4.31 Å². The monoisotopic (exact) mass is 452 g/mol. The van der Waals surface area contributed by atoms with E-state index in [1.54, 1.807) is 18.2 Å². The van der Waals surface area contributed by atoms with Crippen molar-refractivity contribution in [1.29, 1.82) is 0 Å². The number of sulfonamides is 1. The van der Waals surface area contributed by atoms with Crippen LogP contribution in [0.15, 0.2) is 42.5 Å². The molecule has 1 amide bonds. The summed E-state index contributed by atoms with van der Waals surface area (Å²) in [5.41, 5.74) is 1.32. The Balaban J connectivity index is 1.50. The zero-order valence-electron chi connectivity index (χ0n) is 16.9. The molecule has 1 atom stereocenters. The number of anilines is 1. The van der Waals surface area contributed by atoms with Crippen molar-refractivity contribution in [2.75, 3.05) is 30.3 Å². The average Bonchev–Trinajstić information content (AvgIpc) is 2.70. The molecule has 1 heterocycles. The van der Waals surface area contributed by atoms with Gasteiger partial charge in [0.15, 0.2) is 11.5 Å². The van der Waals surface area contributed by atoms with Crippen LogP contribution in [-0.4, -0.2) is 46.4 Å². The number of ether oxygens (including phenoxy) is 2. The predicted octanol–water partition coefficient (Wildman–Crippen LogP) is 3.15. The quantitative estimate of drug-likeness (QED) is 0.665. The first-order chi connectivity index (χ1) is 14.2. The maximum atomic E-state index is 12.3. The van der Waals surface area contributed by atoms with Gasteiger partial charge in [0.1, 0.15) is 12.7 Å². The van der Waals surface area contributed by atoms with Crippen LogP contribution in [0.25, 0.3) is 0 Å². The molecule has 9 heteroatoms. The number of halogens is 1. The number of aryl methyl sites for hydroxylation is 1. The molecule has 2 aromatic rings. The molecule has 0 fully saturated rings. The molecule has 30 heavy (non-hydrogen) atoms. The molecular weight excluding hydrogens is 428 g/mol. The topological polar surface area (TPSA) is 84.9 Å². The summed E-state index contributed by atoms with van der Waals surface area (Å²) in [6.07, 6.45) is 1.43. The van der Waals surface area contributed by atoms with Crippen molar-refractivity contribution >= 4 is 33.2 Å². The van der Waals surface area contributed by atoms with Gasteiger partial charge in [-0.3, -0.25) is 9.10 Å². The Morgan fingerprint density at radius 1 is 1.23 bits per heavy atom. The molecular formula is C21H25ClN2O5S. The third-order valence-corrected chi connectivity index (χ3v) is 6.11. The molecule has 0 aromatic heterocycles. The van der Waals surface area contributed by atoms with Gasteiger partial charge in [0, 0.05) is 18.0 Å². The normalized spacial score (nSPS) is 15.5. The smallest absolute Gasteiger partial charge is 0.232 e. The van der Waals surface area contributed by atoms with Crippen molar-refractivity contribution in [2.45, 2.75) is 25.9 Å². The fourth-order valence-corrected chi connectivity index (χ4v) is 4.36. The largest absolute Gasteiger partial charge is 0.486 e. The molecule has 0 unspecified atom stereocenters. The standard InChI is InChI=1S/C21H25ClN2O5S/c1-15-9-10-16(22)12-18(15)24(30(2,26)27)11-5-8-21(25)23-13-17-14-28-19-6-3-4-7-20(19)29-17/h3-4,6-7,9-10,12,17H,5,8,11,13-14H2,1-2H3,(H,23,25)/t17-/m1/s1. The number of benzene rings is 2. The minimum Gasteiger partial charge on any atom is -0.486 e. The highest BCUT2D eigenvalue weighted by atomic mass is 35.5. The fraction of sp³-hybridized carbons (Fsp3) is 0.381. The number of amides is 1. The molecule has 1 aliphatic rings. The first-order valence-electron chi connectivity index (χ1n) is 9.63. The molecule has 0 bridgehead atoms. The summed E-state index contributed by atoms with van der Waals surface area (Å²) in [4.78, 5) is 12.2. The van der Waals surface area contributed by atoms with Gasteiger partial charge in [-0.1, -0.05) is 29.8 Å². The highest BCUT2D eigenvalue weighted by Crippen LogP contribution is 2.30. The van der Waals surface area contributed by atoms with Gasteiger partial charge in [0.05, 0.1) is 18.5 Å². The van der Waals surface area contributed by atoms with Crippen molar-refractivity contribution in [3.63, 3.8) is 0 Å².